The molecule has 5 heteroatoms. The van der Waals surface area contributed by atoms with Gasteiger partial charge in [0.15, 0.2) is 0 Å². The normalized spacial score (nSPS) is 19.2. The van der Waals surface area contributed by atoms with Gasteiger partial charge in [0, 0.05) is 13.1 Å². The summed E-state index contributed by atoms with van der Waals surface area (Å²) in [6.45, 7) is 2.08. The zero-order chi connectivity index (χ0) is 10.8. The number of rotatable bonds is 3. The van der Waals surface area contributed by atoms with Crippen LogP contribution in [-0.4, -0.2) is 41.5 Å². The van der Waals surface area contributed by atoms with Crippen LogP contribution in [0.15, 0.2) is 11.6 Å². The molecule has 0 amide bonds. The zero-order valence-electron chi connectivity index (χ0n) is 7.96. The van der Waals surface area contributed by atoms with Crippen molar-refractivity contribution in [2.45, 2.75) is 19.3 Å². The smallest absolute Gasteiger partial charge is 0.375 e. The topological polar surface area (TPSA) is 40.5 Å². The summed E-state index contributed by atoms with van der Waals surface area (Å²) in [7, 11) is 0. The molecule has 0 aromatic heterocycles. The molecule has 1 N–H and O–H groups in total. The fraction of sp³-hybridized carbons (Fsp3) is 0.667. The van der Waals surface area contributed by atoms with Crippen LogP contribution in [0.1, 0.15) is 13.3 Å². The first-order chi connectivity index (χ1) is 6.42. The lowest BCUT2D eigenvalue weighted by atomic mass is 10.1. The second-order valence-electron chi connectivity index (χ2n) is 3.56. The molecule has 1 aliphatic heterocycles. The highest BCUT2D eigenvalue weighted by atomic mass is 19.3. The van der Waals surface area contributed by atoms with Crippen LogP contribution in [-0.2, 0) is 4.79 Å². The van der Waals surface area contributed by atoms with Gasteiger partial charge >= 0.3 is 11.9 Å². The standard InChI is InChI=1S/C9H13F2NO2/c1-7-3-2-4-12(5-7)6-9(10,11)8(13)14/h3H,2,4-6H2,1H3,(H,13,14). The van der Waals surface area contributed by atoms with Crippen molar-refractivity contribution in [3.63, 3.8) is 0 Å². The van der Waals surface area contributed by atoms with E-state index in [0.717, 1.165) is 5.57 Å². The Morgan fingerprint density at radius 2 is 2.36 bits per heavy atom. The minimum atomic E-state index is -3.64. The molecule has 1 heterocycles. The first-order valence-corrected chi connectivity index (χ1v) is 4.41. The van der Waals surface area contributed by atoms with Gasteiger partial charge in [0.25, 0.3) is 0 Å². The Labute approximate surface area is 81.0 Å². The van der Waals surface area contributed by atoms with Crippen LogP contribution in [0, 0.1) is 0 Å². The van der Waals surface area contributed by atoms with Gasteiger partial charge in [-0.05, 0) is 13.3 Å². The molecule has 3 nitrogen and oxygen atoms in total. The van der Waals surface area contributed by atoms with Gasteiger partial charge in [-0.3, -0.25) is 4.90 Å². The van der Waals surface area contributed by atoms with Crippen molar-refractivity contribution < 1.29 is 18.7 Å². The van der Waals surface area contributed by atoms with Crippen molar-refractivity contribution in [1.82, 2.24) is 4.90 Å². The second kappa shape index (κ2) is 4.04. The van der Waals surface area contributed by atoms with Gasteiger partial charge in [0.05, 0.1) is 6.54 Å². The number of hydrogen-bond acceptors (Lipinski definition) is 2. The van der Waals surface area contributed by atoms with Gasteiger partial charge in [0.1, 0.15) is 0 Å². The Bertz CT molecular complexity index is 264. The van der Waals surface area contributed by atoms with E-state index >= 15 is 0 Å². The zero-order valence-corrected chi connectivity index (χ0v) is 7.96. The van der Waals surface area contributed by atoms with Crippen LogP contribution in [0.2, 0.25) is 0 Å². The predicted molar refractivity (Wildman–Crippen MR) is 47.4 cm³/mol. The summed E-state index contributed by atoms with van der Waals surface area (Å²) < 4.78 is 25.6. The number of carboxylic acid groups (broad SMARTS) is 1. The van der Waals surface area contributed by atoms with Crippen molar-refractivity contribution in [2.24, 2.45) is 0 Å². The first kappa shape index (κ1) is 11.1. The lowest BCUT2D eigenvalue weighted by molar-refractivity contribution is -0.167. The van der Waals surface area contributed by atoms with Crippen molar-refractivity contribution in [1.29, 1.82) is 0 Å². The lowest BCUT2D eigenvalue weighted by Gasteiger charge is -2.27. The fourth-order valence-electron chi connectivity index (χ4n) is 1.47. The molecule has 0 unspecified atom stereocenters. The molecule has 0 radical (unpaired) electrons. The molecule has 1 aliphatic rings. The second-order valence-corrected chi connectivity index (χ2v) is 3.56. The molecule has 0 bridgehead atoms. The molecule has 0 atom stereocenters. The minimum Gasteiger partial charge on any atom is -0.477 e. The minimum absolute atomic E-state index is 0.433. The summed E-state index contributed by atoms with van der Waals surface area (Å²) in [5.74, 6) is -5.69. The van der Waals surface area contributed by atoms with E-state index in [9.17, 15) is 13.6 Å². The summed E-state index contributed by atoms with van der Waals surface area (Å²) in [6, 6.07) is 0. The van der Waals surface area contributed by atoms with Crippen molar-refractivity contribution in [2.75, 3.05) is 19.6 Å². The molecule has 0 aromatic rings. The number of hydrogen-bond donors (Lipinski definition) is 1. The first-order valence-electron chi connectivity index (χ1n) is 4.41. The molecule has 0 saturated heterocycles. The molecule has 14 heavy (non-hydrogen) atoms. The number of carboxylic acids is 1. The van der Waals surface area contributed by atoms with Crippen LogP contribution in [0.5, 0.6) is 0 Å². The highest BCUT2D eigenvalue weighted by molar-refractivity contribution is 5.75. The van der Waals surface area contributed by atoms with Crippen LogP contribution in [0.3, 0.4) is 0 Å². The number of halogens is 2. The monoisotopic (exact) mass is 205 g/mol. The van der Waals surface area contributed by atoms with Gasteiger partial charge < -0.3 is 5.11 Å². The third-order valence-electron chi connectivity index (χ3n) is 2.15. The van der Waals surface area contributed by atoms with E-state index in [-0.39, 0.29) is 0 Å². The maximum Gasteiger partial charge on any atom is 0.375 e. The van der Waals surface area contributed by atoms with E-state index in [1.54, 1.807) is 0 Å². The molecule has 0 aliphatic carbocycles. The Morgan fingerprint density at radius 3 is 2.86 bits per heavy atom. The molecule has 0 fully saturated rings. The average Bonchev–Trinajstić information content (AvgIpc) is 2.02. The Morgan fingerprint density at radius 1 is 1.71 bits per heavy atom. The molecule has 0 aromatic carbocycles. The molecule has 0 saturated carbocycles. The summed E-state index contributed by atoms with van der Waals surface area (Å²) in [5.41, 5.74) is 1.01. The van der Waals surface area contributed by atoms with Crippen molar-refractivity contribution >= 4 is 5.97 Å². The van der Waals surface area contributed by atoms with Crippen LogP contribution < -0.4 is 0 Å². The van der Waals surface area contributed by atoms with Crippen LogP contribution in [0.25, 0.3) is 0 Å². The van der Waals surface area contributed by atoms with E-state index in [1.165, 1.54) is 4.90 Å². The quantitative estimate of drug-likeness (QED) is 0.707. The van der Waals surface area contributed by atoms with E-state index in [1.807, 2.05) is 13.0 Å². The summed E-state index contributed by atoms with van der Waals surface area (Å²) in [6.07, 6.45) is 2.69. The molecule has 80 valence electrons. The van der Waals surface area contributed by atoms with Gasteiger partial charge in [-0.15, -0.1) is 0 Å². The van der Waals surface area contributed by atoms with Crippen molar-refractivity contribution in [3.8, 4) is 0 Å². The maximum absolute atomic E-state index is 12.8. The van der Waals surface area contributed by atoms with Gasteiger partial charge in [-0.25, -0.2) is 4.79 Å². The number of nitrogens with zero attached hydrogens (tertiary/aromatic N) is 1. The highest BCUT2D eigenvalue weighted by Crippen LogP contribution is 2.18. The number of alkyl halides is 2. The van der Waals surface area contributed by atoms with Gasteiger partial charge in [-0.1, -0.05) is 11.6 Å². The third-order valence-corrected chi connectivity index (χ3v) is 2.15. The fourth-order valence-corrected chi connectivity index (χ4v) is 1.47. The lowest BCUT2D eigenvalue weighted by Crippen LogP contribution is -2.44. The largest absolute Gasteiger partial charge is 0.477 e. The predicted octanol–water partition coefficient (Wildman–Crippen LogP) is 1.36. The van der Waals surface area contributed by atoms with Crippen LogP contribution >= 0.6 is 0 Å². The van der Waals surface area contributed by atoms with E-state index < -0.39 is 18.4 Å². The van der Waals surface area contributed by atoms with E-state index in [2.05, 4.69) is 0 Å². The van der Waals surface area contributed by atoms with Gasteiger partial charge in [0.2, 0.25) is 0 Å². The van der Waals surface area contributed by atoms with Gasteiger partial charge in [-0.2, -0.15) is 8.78 Å². The Balaban J connectivity index is 2.53. The SMILES string of the molecule is CC1=CCCN(CC(F)(F)C(=O)O)C1. The third kappa shape index (κ3) is 2.77. The van der Waals surface area contributed by atoms with E-state index in [4.69, 9.17) is 5.11 Å². The summed E-state index contributed by atoms with van der Waals surface area (Å²) in [5, 5.41) is 8.25. The molecule has 0 spiro atoms. The highest BCUT2D eigenvalue weighted by Gasteiger charge is 2.40. The maximum atomic E-state index is 12.8. The summed E-state index contributed by atoms with van der Waals surface area (Å²) in [4.78, 5) is 11.6. The molecular weight excluding hydrogens is 192 g/mol. The van der Waals surface area contributed by atoms with Crippen molar-refractivity contribution in [3.05, 3.63) is 11.6 Å². The molecular formula is C9H13F2NO2. The Kier molecular flexibility index (Phi) is 3.21. The molecule has 1 rings (SSSR count). The Hall–Kier alpha value is -0.970. The van der Waals surface area contributed by atoms with E-state index in [0.29, 0.717) is 19.5 Å². The summed E-state index contributed by atoms with van der Waals surface area (Å²) >= 11 is 0. The average molecular weight is 205 g/mol. The number of aliphatic carboxylic acids is 1. The number of carbonyl (C=O) groups is 1. The van der Waals surface area contributed by atoms with Crippen LogP contribution in [0.4, 0.5) is 8.78 Å².